The van der Waals surface area contributed by atoms with Gasteiger partial charge in [-0.3, -0.25) is 4.90 Å². The average molecular weight is 582 g/mol. The van der Waals surface area contributed by atoms with E-state index in [4.69, 9.17) is 4.98 Å². The van der Waals surface area contributed by atoms with Crippen LogP contribution in [0.1, 0.15) is 50.4 Å². The van der Waals surface area contributed by atoms with Crippen molar-refractivity contribution in [2.75, 3.05) is 31.1 Å². The number of alkyl halides is 1. The van der Waals surface area contributed by atoms with Gasteiger partial charge >= 0.3 is 0 Å². The molecular formula is C33H33F2N7O. The van der Waals surface area contributed by atoms with E-state index < -0.39 is 17.5 Å². The molecule has 0 aliphatic carbocycles. The third kappa shape index (κ3) is 4.32. The number of piperazine rings is 1. The van der Waals surface area contributed by atoms with Crippen LogP contribution in [0.3, 0.4) is 0 Å². The molecular weight excluding hydrogens is 548 g/mol. The summed E-state index contributed by atoms with van der Waals surface area (Å²) in [7, 11) is 0. The van der Waals surface area contributed by atoms with Crippen LogP contribution in [0.5, 0.6) is 5.75 Å². The summed E-state index contributed by atoms with van der Waals surface area (Å²) in [6, 6.07) is 9.56. The second-order valence-corrected chi connectivity index (χ2v) is 12.4. The smallest absolute Gasteiger partial charge is 0.207 e. The number of aromatic nitrogens is 4. The van der Waals surface area contributed by atoms with Gasteiger partial charge in [0.2, 0.25) is 5.82 Å². The monoisotopic (exact) mass is 581 g/mol. The lowest BCUT2D eigenvalue weighted by Crippen LogP contribution is -2.61. The molecule has 0 radical (unpaired) electrons. The van der Waals surface area contributed by atoms with Crippen LogP contribution in [-0.2, 0) is 6.42 Å². The number of piperidine rings is 2. The first-order valence-electron chi connectivity index (χ1n) is 15.3. The Hall–Kier alpha value is -3.94. The van der Waals surface area contributed by atoms with E-state index in [1.165, 1.54) is 0 Å². The predicted octanol–water partition coefficient (Wildman–Crippen LogP) is 4.52. The third-order valence-corrected chi connectivity index (χ3v) is 9.84. The summed E-state index contributed by atoms with van der Waals surface area (Å²) in [4.78, 5) is 13.8. The van der Waals surface area contributed by atoms with Gasteiger partial charge in [-0.25, -0.2) is 18.7 Å². The van der Waals surface area contributed by atoms with Crippen molar-refractivity contribution in [3.63, 3.8) is 0 Å². The number of aromatic hydroxyl groups is 1. The van der Waals surface area contributed by atoms with E-state index >= 15 is 4.39 Å². The van der Waals surface area contributed by atoms with Gasteiger partial charge in [-0.15, -0.1) is 10.2 Å². The molecule has 2 aromatic heterocycles. The number of hydrogen-bond donors (Lipinski definition) is 2. The van der Waals surface area contributed by atoms with Crippen molar-refractivity contribution < 1.29 is 13.9 Å². The fourth-order valence-electron chi connectivity index (χ4n) is 7.78. The van der Waals surface area contributed by atoms with Gasteiger partial charge in [-0.05, 0) is 73.0 Å². The molecule has 0 amide bonds. The summed E-state index contributed by atoms with van der Waals surface area (Å²) in [5.74, 6) is 6.62. The first-order valence-corrected chi connectivity index (χ1v) is 15.3. The topological polar surface area (TPSA) is 90.3 Å². The second kappa shape index (κ2) is 10.1. The quantitative estimate of drug-likeness (QED) is 0.342. The number of nitrogens with one attached hydrogen (secondary N) is 1. The van der Waals surface area contributed by atoms with Crippen molar-refractivity contribution >= 4 is 27.6 Å². The second-order valence-electron chi connectivity index (χ2n) is 12.4. The van der Waals surface area contributed by atoms with E-state index in [0.717, 1.165) is 68.1 Å². The Bertz CT molecular complexity index is 1830. The summed E-state index contributed by atoms with van der Waals surface area (Å²) in [6.07, 6.45) is 4.05. The van der Waals surface area contributed by atoms with Gasteiger partial charge in [0, 0.05) is 43.7 Å². The molecule has 0 spiro atoms. The molecule has 5 fully saturated rings. The number of fused-ring (bicyclic) bond motifs is 6. The lowest BCUT2D eigenvalue weighted by atomic mass is 9.93. The molecule has 0 saturated carbocycles. The molecule has 5 aliphatic rings. The number of phenolic OH excluding ortho intramolecular Hbond substituents is 1. The number of halogens is 2. The summed E-state index contributed by atoms with van der Waals surface area (Å²) >= 11 is 0. The number of nitrogens with zero attached hydrogens (tertiary/aromatic N) is 6. The molecule has 43 heavy (non-hydrogen) atoms. The Morgan fingerprint density at radius 3 is 2.84 bits per heavy atom. The Balaban J connectivity index is 1.33. The SMILES string of the molecule is CCc1cccc2cc(O)cc(-c3nnc4c(N5C[C@H]6CC[C@@H]5CN6)nc(C#C[C@@]56CCCN5C[C@H](F)C6)nc4c3F)c12. The van der Waals surface area contributed by atoms with Crippen molar-refractivity contribution in [2.45, 2.75) is 69.2 Å². The first-order chi connectivity index (χ1) is 20.9. The van der Waals surface area contributed by atoms with E-state index in [0.29, 0.717) is 35.9 Å². The zero-order valence-corrected chi connectivity index (χ0v) is 24.1. The Labute approximate surface area is 248 Å². The first kappa shape index (κ1) is 26.7. The van der Waals surface area contributed by atoms with Gasteiger partial charge in [-0.1, -0.05) is 31.0 Å². The summed E-state index contributed by atoms with van der Waals surface area (Å²) < 4.78 is 31.2. The van der Waals surface area contributed by atoms with Crippen LogP contribution in [0.25, 0.3) is 33.1 Å². The Morgan fingerprint density at radius 1 is 1.14 bits per heavy atom. The van der Waals surface area contributed by atoms with Gasteiger partial charge in [0.25, 0.3) is 0 Å². The van der Waals surface area contributed by atoms with Crippen LogP contribution < -0.4 is 10.2 Å². The van der Waals surface area contributed by atoms with Crippen molar-refractivity contribution in [1.29, 1.82) is 0 Å². The lowest BCUT2D eigenvalue weighted by molar-refractivity contribution is 0.255. The number of benzene rings is 2. The van der Waals surface area contributed by atoms with Gasteiger partial charge in [-0.2, -0.15) is 0 Å². The fraction of sp³-hybridized carbons (Fsp3) is 0.455. The van der Waals surface area contributed by atoms with Crippen LogP contribution in [0, 0.1) is 17.7 Å². The maximum absolute atomic E-state index is 16.8. The van der Waals surface area contributed by atoms with E-state index in [-0.39, 0.29) is 28.8 Å². The highest BCUT2D eigenvalue weighted by atomic mass is 19.1. The molecule has 0 unspecified atom stereocenters. The van der Waals surface area contributed by atoms with Crippen LogP contribution in [-0.4, -0.2) is 80.1 Å². The summed E-state index contributed by atoms with van der Waals surface area (Å²) in [5, 5.41) is 24.7. The number of aryl methyl sites for hydroxylation is 1. The van der Waals surface area contributed by atoms with Crippen LogP contribution >= 0.6 is 0 Å². The van der Waals surface area contributed by atoms with Crippen molar-refractivity contribution in [1.82, 2.24) is 30.4 Å². The minimum atomic E-state index is -0.903. The number of hydrogen-bond acceptors (Lipinski definition) is 8. The molecule has 5 aliphatic heterocycles. The van der Waals surface area contributed by atoms with E-state index in [1.54, 1.807) is 12.1 Å². The molecule has 2 bridgehead atoms. The maximum atomic E-state index is 16.8. The van der Waals surface area contributed by atoms with Gasteiger partial charge < -0.3 is 15.3 Å². The minimum absolute atomic E-state index is 0.0203. The molecule has 4 aromatic rings. The lowest BCUT2D eigenvalue weighted by Gasteiger charge is -2.46. The number of rotatable bonds is 3. The van der Waals surface area contributed by atoms with Crippen LogP contribution in [0.15, 0.2) is 30.3 Å². The van der Waals surface area contributed by atoms with Crippen molar-refractivity contribution in [2.24, 2.45) is 0 Å². The van der Waals surface area contributed by atoms with E-state index in [9.17, 15) is 9.50 Å². The zero-order chi connectivity index (χ0) is 29.3. The highest BCUT2D eigenvalue weighted by Gasteiger charge is 2.47. The Kier molecular flexibility index (Phi) is 6.24. The molecule has 5 saturated heterocycles. The molecule has 7 heterocycles. The minimum Gasteiger partial charge on any atom is -0.508 e. The van der Waals surface area contributed by atoms with E-state index in [2.05, 4.69) is 42.1 Å². The van der Waals surface area contributed by atoms with Crippen molar-refractivity contribution in [3.05, 3.63) is 47.5 Å². The van der Waals surface area contributed by atoms with E-state index in [1.807, 2.05) is 25.1 Å². The highest BCUT2D eigenvalue weighted by molar-refractivity contribution is 6.01. The standard InChI is InChI=1S/C33H33F2N7O/c1-2-19-5-3-6-20-13-24(43)14-25(27(19)20)29-28(35)30-31(40-39-29)32(42-18-22-7-8-23(42)16-36-22)38-26(37-30)9-11-33-10-4-12-41(33)17-21(34)15-33/h3,5-6,13-14,21-23,36,43H,2,4,7-8,10,12,15-18H2,1H3/t21-,22-,23-,33-/m1/s1. The summed E-state index contributed by atoms with van der Waals surface area (Å²) in [6.45, 7) is 4.81. The third-order valence-electron chi connectivity index (χ3n) is 9.84. The highest BCUT2D eigenvalue weighted by Crippen LogP contribution is 2.40. The van der Waals surface area contributed by atoms with Gasteiger partial charge in [0.1, 0.15) is 23.1 Å². The Morgan fingerprint density at radius 2 is 2.05 bits per heavy atom. The molecule has 10 heteroatoms. The van der Waals surface area contributed by atoms with Crippen LogP contribution in [0.4, 0.5) is 14.6 Å². The molecule has 8 nitrogen and oxygen atoms in total. The fourth-order valence-corrected chi connectivity index (χ4v) is 7.78. The van der Waals surface area contributed by atoms with Crippen molar-refractivity contribution in [3.8, 4) is 28.8 Å². The number of anilines is 1. The predicted molar refractivity (Wildman–Crippen MR) is 161 cm³/mol. The van der Waals surface area contributed by atoms with Gasteiger partial charge in [0.05, 0.1) is 5.54 Å². The normalized spacial score (nSPS) is 26.7. The number of phenols is 1. The van der Waals surface area contributed by atoms with Crippen LogP contribution in [0.2, 0.25) is 0 Å². The summed E-state index contributed by atoms with van der Waals surface area (Å²) in [5.41, 5.74) is 1.33. The largest absolute Gasteiger partial charge is 0.508 e. The maximum Gasteiger partial charge on any atom is 0.207 e. The molecule has 2 N–H and O–H groups in total. The van der Waals surface area contributed by atoms with Gasteiger partial charge in [0.15, 0.2) is 17.2 Å². The zero-order valence-electron chi connectivity index (χ0n) is 24.1. The molecule has 220 valence electrons. The average Bonchev–Trinajstić information content (AvgIpc) is 3.55. The molecule has 2 aromatic carbocycles. The molecule has 4 atom stereocenters. The molecule has 9 rings (SSSR count).